The first-order valence-electron chi connectivity index (χ1n) is 10.9. The first kappa shape index (κ1) is 22.3. The normalized spacial score (nSPS) is 13.5. The van der Waals surface area contributed by atoms with E-state index in [4.69, 9.17) is 9.15 Å². The number of hydrogen-bond donors (Lipinski definition) is 2. The van der Waals surface area contributed by atoms with Crippen molar-refractivity contribution >= 4 is 23.2 Å². The van der Waals surface area contributed by atoms with Gasteiger partial charge in [0.25, 0.3) is 5.91 Å². The lowest BCUT2D eigenvalue weighted by molar-refractivity contribution is -0.129. The molecule has 0 saturated carbocycles. The Kier molecular flexibility index (Phi) is 7.14. The number of benzene rings is 2. The van der Waals surface area contributed by atoms with Crippen LogP contribution in [-0.2, 0) is 11.3 Å². The minimum Gasteiger partial charge on any atom is -0.497 e. The van der Waals surface area contributed by atoms with Crippen molar-refractivity contribution in [3.8, 4) is 5.75 Å². The van der Waals surface area contributed by atoms with Gasteiger partial charge in [-0.15, -0.1) is 0 Å². The van der Waals surface area contributed by atoms with Gasteiger partial charge >= 0.3 is 0 Å². The maximum absolute atomic E-state index is 12.8. The van der Waals surface area contributed by atoms with Gasteiger partial charge in [-0.3, -0.25) is 9.59 Å². The third-order valence-electron chi connectivity index (χ3n) is 5.67. The lowest BCUT2D eigenvalue weighted by Crippen LogP contribution is -2.50. The van der Waals surface area contributed by atoms with E-state index in [1.807, 2.05) is 35.2 Å². The molecule has 1 saturated heterocycles. The predicted molar refractivity (Wildman–Crippen MR) is 127 cm³/mol. The summed E-state index contributed by atoms with van der Waals surface area (Å²) in [6, 6.07) is 18.7. The van der Waals surface area contributed by atoms with Gasteiger partial charge in [-0.1, -0.05) is 12.1 Å². The smallest absolute Gasteiger partial charge is 0.253 e. The van der Waals surface area contributed by atoms with E-state index in [9.17, 15) is 9.59 Å². The quantitative estimate of drug-likeness (QED) is 0.551. The number of carbonyl (C=O) groups excluding carboxylic acids is 2. The highest BCUT2D eigenvalue weighted by molar-refractivity contribution is 6.00. The second kappa shape index (κ2) is 10.6. The average molecular weight is 449 g/mol. The second-order valence-electron chi connectivity index (χ2n) is 7.73. The zero-order chi connectivity index (χ0) is 23.0. The molecule has 0 unspecified atom stereocenters. The number of para-hydroxylation sites is 1. The molecular weight excluding hydrogens is 420 g/mol. The zero-order valence-electron chi connectivity index (χ0n) is 18.6. The molecule has 1 aliphatic heterocycles. The number of carbonyl (C=O) groups is 2. The molecule has 4 rings (SSSR count). The van der Waals surface area contributed by atoms with Crippen molar-refractivity contribution in [1.82, 2.24) is 10.2 Å². The number of furan rings is 1. The van der Waals surface area contributed by atoms with E-state index >= 15 is 0 Å². The van der Waals surface area contributed by atoms with Gasteiger partial charge in [0, 0.05) is 37.6 Å². The van der Waals surface area contributed by atoms with Gasteiger partial charge < -0.3 is 29.6 Å². The Morgan fingerprint density at radius 2 is 1.73 bits per heavy atom. The second-order valence-corrected chi connectivity index (χ2v) is 7.73. The highest BCUT2D eigenvalue weighted by Crippen LogP contribution is 2.21. The topological polar surface area (TPSA) is 87.0 Å². The van der Waals surface area contributed by atoms with Gasteiger partial charge in [0.1, 0.15) is 11.5 Å². The van der Waals surface area contributed by atoms with E-state index < -0.39 is 0 Å². The molecular formula is C25H28N4O4. The van der Waals surface area contributed by atoms with Crippen molar-refractivity contribution in [2.24, 2.45) is 0 Å². The summed E-state index contributed by atoms with van der Waals surface area (Å²) in [6.45, 7) is 3.27. The average Bonchev–Trinajstić information content (AvgIpc) is 3.40. The fourth-order valence-corrected chi connectivity index (χ4v) is 3.80. The maximum atomic E-state index is 12.8. The van der Waals surface area contributed by atoms with Gasteiger partial charge in [0.2, 0.25) is 5.91 Å². The third-order valence-corrected chi connectivity index (χ3v) is 5.67. The van der Waals surface area contributed by atoms with E-state index in [-0.39, 0.29) is 18.4 Å². The molecule has 1 aromatic heterocycles. The molecule has 33 heavy (non-hydrogen) atoms. The highest BCUT2D eigenvalue weighted by atomic mass is 16.5. The fourth-order valence-electron chi connectivity index (χ4n) is 3.80. The summed E-state index contributed by atoms with van der Waals surface area (Å²) in [5.74, 6) is 1.29. The van der Waals surface area contributed by atoms with Crippen LogP contribution in [0.1, 0.15) is 16.1 Å². The number of rotatable bonds is 8. The van der Waals surface area contributed by atoms with Gasteiger partial charge in [0.05, 0.1) is 32.0 Å². The molecule has 3 aromatic rings. The van der Waals surface area contributed by atoms with Crippen LogP contribution in [0.2, 0.25) is 0 Å². The van der Waals surface area contributed by atoms with E-state index in [0.717, 1.165) is 24.5 Å². The Morgan fingerprint density at radius 1 is 0.970 bits per heavy atom. The number of amides is 2. The van der Waals surface area contributed by atoms with Crippen LogP contribution >= 0.6 is 0 Å². The number of methoxy groups -OCH3 is 1. The highest BCUT2D eigenvalue weighted by Gasteiger charge is 2.21. The first-order chi connectivity index (χ1) is 16.1. The molecule has 8 heteroatoms. The predicted octanol–water partition coefficient (Wildman–Crippen LogP) is 2.98. The SMILES string of the molecule is COc1ccc(N2CCN(C(=O)CNc3ccccc3C(=O)NCc3ccco3)CC2)cc1. The van der Waals surface area contributed by atoms with Crippen LogP contribution in [-0.4, -0.2) is 56.5 Å². The van der Waals surface area contributed by atoms with Gasteiger partial charge in [-0.25, -0.2) is 0 Å². The number of nitrogens with zero attached hydrogens (tertiary/aromatic N) is 2. The van der Waals surface area contributed by atoms with Crippen LogP contribution in [0.3, 0.4) is 0 Å². The number of piperazine rings is 1. The molecule has 0 atom stereocenters. The molecule has 8 nitrogen and oxygen atoms in total. The van der Waals surface area contributed by atoms with Crippen LogP contribution < -0.4 is 20.3 Å². The standard InChI is InChI=1S/C25H28N4O4/c1-32-20-10-8-19(9-11-20)28-12-14-29(15-13-28)24(30)18-26-23-7-3-2-6-22(23)25(31)27-17-21-5-4-16-33-21/h2-11,16,26H,12-15,17-18H2,1H3,(H,27,31). The molecule has 0 bridgehead atoms. The summed E-state index contributed by atoms with van der Waals surface area (Å²) >= 11 is 0. The molecule has 2 heterocycles. The molecule has 1 fully saturated rings. The molecule has 0 radical (unpaired) electrons. The van der Waals surface area contributed by atoms with Gasteiger partial charge in [-0.05, 0) is 48.5 Å². The Bertz CT molecular complexity index is 1060. The third kappa shape index (κ3) is 5.65. The van der Waals surface area contributed by atoms with E-state index in [1.165, 1.54) is 0 Å². The minimum atomic E-state index is -0.227. The molecule has 0 aliphatic carbocycles. The first-order valence-corrected chi connectivity index (χ1v) is 10.9. The molecule has 2 N–H and O–H groups in total. The van der Waals surface area contributed by atoms with Crippen molar-refractivity contribution in [3.05, 3.63) is 78.3 Å². The largest absolute Gasteiger partial charge is 0.497 e. The Morgan fingerprint density at radius 3 is 2.42 bits per heavy atom. The Balaban J connectivity index is 1.28. The van der Waals surface area contributed by atoms with Crippen molar-refractivity contribution in [1.29, 1.82) is 0 Å². The van der Waals surface area contributed by atoms with Crippen molar-refractivity contribution in [2.45, 2.75) is 6.54 Å². The monoisotopic (exact) mass is 448 g/mol. The number of nitrogens with one attached hydrogen (secondary N) is 2. The van der Waals surface area contributed by atoms with Crippen LogP contribution in [0.4, 0.5) is 11.4 Å². The molecule has 172 valence electrons. The molecule has 2 amide bonds. The fraction of sp³-hybridized carbons (Fsp3) is 0.280. The Labute approximate surface area is 193 Å². The summed E-state index contributed by atoms with van der Waals surface area (Å²) < 4.78 is 10.5. The van der Waals surface area contributed by atoms with Crippen molar-refractivity contribution < 1.29 is 18.7 Å². The maximum Gasteiger partial charge on any atom is 0.253 e. The van der Waals surface area contributed by atoms with E-state index in [2.05, 4.69) is 15.5 Å². The summed E-state index contributed by atoms with van der Waals surface area (Å²) in [4.78, 5) is 29.5. The van der Waals surface area contributed by atoms with E-state index in [1.54, 1.807) is 43.7 Å². The summed E-state index contributed by atoms with van der Waals surface area (Å²) in [5, 5.41) is 5.98. The van der Waals surface area contributed by atoms with Crippen LogP contribution in [0.25, 0.3) is 0 Å². The van der Waals surface area contributed by atoms with Crippen LogP contribution in [0.15, 0.2) is 71.3 Å². The summed E-state index contributed by atoms with van der Waals surface area (Å²) in [6.07, 6.45) is 1.57. The molecule has 2 aromatic carbocycles. The number of ether oxygens (including phenoxy) is 1. The lowest BCUT2D eigenvalue weighted by atomic mass is 10.1. The van der Waals surface area contributed by atoms with Crippen molar-refractivity contribution in [3.63, 3.8) is 0 Å². The molecule has 1 aliphatic rings. The summed E-state index contributed by atoms with van der Waals surface area (Å²) in [5.41, 5.74) is 2.23. The lowest BCUT2D eigenvalue weighted by Gasteiger charge is -2.36. The Hall–Kier alpha value is -3.94. The van der Waals surface area contributed by atoms with E-state index in [0.29, 0.717) is 36.6 Å². The zero-order valence-corrected chi connectivity index (χ0v) is 18.6. The van der Waals surface area contributed by atoms with Crippen molar-refractivity contribution in [2.75, 3.05) is 50.1 Å². The number of hydrogen-bond acceptors (Lipinski definition) is 6. The van der Waals surface area contributed by atoms with Gasteiger partial charge in [-0.2, -0.15) is 0 Å². The van der Waals surface area contributed by atoms with Crippen LogP contribution in [0.5, 0.6) is 5.75 Å². The molecule has 0 spiro atoms. The van der Waals surface area contributed by atoms with Gasteiger partial charge in [0.15, 0.2) is 0 Å². The number of anilines is 2. The summed E-state index contributed by atoms with van der Waals surface area (Å²) in [7, 11) is 1.65. The minimum absolute atomic E-state index is 0.00942. The van der Waals surface area contributed by atoms with Crippen LogP contribution in [0, 0.1) is 0 Å².